The van der Waals surface area contributed by atoms with Crippen molar-refractivity contribution in [3.63, 3.8) is 0 Å². The van der Waals surface area contributed by atoms with Crippen molar-refractivity contribution < 1.29 is 13.9 Å². The summed E-state index contributed by atoms with van der Waals surface area (Å²) >= 11 is 0. The molecule has 0 radical (unpaired) electrons. The minimum Gasteiger partial charge on any atom is -0.486 e. The van der Waals surface area contributed by atoms with E-state index < -0.39 is 0 Å². The van der Waals surface area contributed by atoms with Crippen LogP contribution in [-0.4, -0.2) is 43.0 Å². The number of rotatable bonds is 7. The number of ether oxygens (including phenoxy) is 1. The van der Waals surface area contributed by atoms with Crippen LogP contribution in [0.25, 0.3) is 11.4 Å². The van der Waals surface area contributed by atoms with Crippen molar-refractivity contribution in [2.45, 2.75) is 66.5 Å². The highest BCUT2D eigenvalue weighted by atomic mass is 16.5. The highest BCUT2D eigenvalue weighted by molar-refractivity contribution is 5.88. The number of hydrogen-bond donors (Lipinski definition) is 1. The van der Waals surface area contributed by atoms with Gasteiger partial charge >= 0.3 is 0 Å². The van der Waals surface area contributed by atoms with E-state index in [4.69, 9.17) is 9.15 Å². The minimum absolute atomic E-state index is 0.0665. The largest absolute Gasteiger partial charge is 0.486 e. The molecule has 1 saturated carbocycles. The van der Waals surface area contributed by atoms with Gasteiger partial charge in [-0.3, -0.25) is 4.79 Å². The maximum atomic E-state index is 12.7. The van der Waals surface area contributed by atoms with Crippen LogP contribution in [0.2, 0.25) is 0 Å². The first kappa shape index (κ1) is 23.3. The molecule has 0 spiro atoms. The summed E-state index contributed by atoms with van der Waals surface area (Å²) in [5, 5.41) is 14.6. The Morgan fingerprint density at radius 2 is 2.11 bits per heavy atom. The lowest BCUT2D eigenvalue weighted by molar-refractivity contribution is -0.126. The second-order valence-corrected chi connectivity index (χ2v) is 10.7. The normalized spacial score (nSPS) is 16.1. The lowest BCUT2D eigenvalue weighted by Gasteiger charge is -2.29. The molecule has 0 bridgehead atoms. The van der Waals surface area contributed by atoms with Gasteiger partial charge < -0.3 is 14.1 Å². The number of nitrogens with zero attached hydrogens (tertiary/aromatic N) is 5. The molecule has 0 atom stereocenters. The smallest absolute Gasteiger partial charge is 0.246 e. The number of allylic oxidation sites excluding steroid dienone is 1. The number of H-pyrrole nitrogens is 1. The van der Waals surface area contributed by atoms with Crippen molar-refractivity contribution in [2.24, 2.45) is 11.3 Å². The van der Waals surface area contributed by atoms with E-state index in [0.717, 1.165) is 41.0 Å². The number of tetrazole rings is 1. The first-order chi connectivity index (χ1) is 16.7. The second-order valence-electron chi connectivity index (χ2n) is 10.7. The first-order valence-electron chi connectivity index (χ1n) is 12.2. The highest BCUT2D eigenvalue weighted by Gasteiger charge is 2.25. The Morgan fingerprint density at radius 1 is 1.29 bits per heavy atom. The van der Waals surface area contributed by atoms with Gasteiger partial charge in [0.15, 0.2) is 5.89 Å². The third kappa shape index (κ3) is 5.61. The molecular formula is C26H32N6O3. The summed E-state index contributed by atoms with van der Waals surface area (Å²) in [5.41, 5.74) is 3.84. The number of hydrogen-bond acceptors (Lipinski definition) is 7. The SMILES string of the molecule is Cc1oc(CC(C)(C)C)nc1COc1cc2c(cc1-c1nn[nH]n1)CCN(C(=O)/C=C/C1CC1)C2. The summed E-state index contributed by atoms with van der Waals surface area (Å²) in [5.74, 6) is 3.22. The van der Waals surface area contributed by atoms with Gasteiger partial charge in [-0.05, 0) is 72.1 Å². The van der Waals surface area contributed by atoms with Crippen LogP contribution in [-0.2, 0) is 30.8 Å². The number of benzene rings is 1. The fourth-order valence-corrected chi connectivity index (χ4v) is 4.25. The Labute approximate surface area is 205 Å². The summed E-state index contributed by atoms with van der Waals surface area (Å²) in [6.07, 6.45) is 7.67. The molecule has 3 aromatic rings. The van der Waals surface area contributed by atoms with E-state index in [1.54, 1.807) is 6.08 Å². The number of nitrogens with one attached hydrogen (secondary N) is 1. The third-order valence-corrected chi connectivity index (χ3v) is 6.33. The molecule has 1 aromatic carbocycles. The van der Waals surface area contributed by atoms with Gasteiger partial charge in [-0.25, -0.2) is 4.98 Å². The molecule has 35 heavy (non-hydrogen) atoms. The van der Waals surface area contributed by atoms with Crippen LogP contribution >= 0.6 is 0 Å². The Balaban J connectivity index is 1.37. The first-order valence-corrected chi connectivity index (χ1v) is 12.2. The number of carbonyl (C=O) groups is 1. The van der Waals surface area contributed by atoms with Crippen LogP contribution in [0.5, 0.6) is 5.75 Å². The third-order valence-electron chi connectivity index (χ3n) is 6.33. The fourth-order valence-electron chi connectivity index (χ4n) is 4.25. The quantitative estimate of drug-likeness (QED) is 0.509. The van der Waals surface area contributed by atoms with Crippen LogP contribution in [0.4, 0.5) is 0 Å². The topological polar surface area (TPSA) is 110 Å². The van der Waals surface area contributed by atoms with Crippen molar-refractivity contribution in [3.8, 4) is 17.1 Å². The molecule has 184 valence electrons. The van der Waals surface area contributed by atoms with E-state index in [0.29, 0.717) is 36.5 Å². The molecule has 2 aromatic heterocycles. The fraction of sp³-hybridized carbons (Fsp3) is 0.500. The van der Waals surface area contributed by atoms with E-state index in [1.165, 1.54) is 12.8 Å². The summed E-state index contributed by atoms with van der Waals surface area (Å²) in [6.45, 7) is 9.86. The van der Waals surface area contributed by atoms with Crippen LogP contribution in [0.1, 0.15) is 62.1 Å². The minimum atomic E-state index is 0.0665. The number of aryl methyl sites for hydroxylation is 1. The van der Waals surface area contributed by atoms with Crippen LogP contribution in [0, 0.1) is 18.3 Å². The molecule has 2 aliphatic rings. The molecule has 1 N–H and O–H groups in total. The molecule has 1 aliphatic carbocycles. The van der Waals surface area contributed by atoms with Crippen molar-refractivity contribution in [2.75, 3.05) is 6.54 Å². The van der Waals surface area contributed by atoms with Crippen molar-refractivity contribution >= 4 is 5.91 Å². The molecule has 0 unspecified atom stereocenters. The number of aromatic nitrogens is 5. The standard InChI is InChI=1S/C26H32N6O3/c1-16-21(27-23(35-16)13-26(2,3)4)15-34-22-12-19-14-32(24(33)8-7-17-5-6-17)10-9-18(19)11-20(22)25-28-30-31-29-25/h7-8,11-12,17H,5-6,9-10,13-15H2,1-4H3,(H,28,29,30,31)/b8-7+. The molecule has 1 amide bonds. The predicted octanol–water partition coefficient (Wildman–Crippen LogP) is 4.18. The average molecular weight is 477 g/mol. The van der Waals surface area contributed by atoms with Gasteiger partial charge in [0, 0.05) is 19.5 Å². The Hall–Kier alpha value is -3.49. The molecule has 1 aliphatic heterocycles. The van der Waals surface area contributed by atoms with Gasteiger partial charge in [0.25, 0.3) is 0 Å². The molecule has 0 saturated heterocycles. The van der Waals surface area contributed by atoms with Gasteiger partial charge in [0.05, 0.1) is 5.56 Å². The van der Waals surface area contributed by atoms with E-state index in [9.17, 15) is 4.79 Å². The zero-order valence-corrected chi connectivity index (χ0v) is 20.8. The van der Waals surface area contributed by atoms with Crippen molar-refractivity contribution in [1.29, 1.82) is 0 Å². The number of aromatic amines is 1. The summed E-state index contributed by atoms with van der Waals surface area (Å²) in [4.78, 5) is 19.2. The number of oxazole rings is 1. The average Bonchev–Trinajstić information content (AvgIpc) is 3.35. The summed E-state index contributed by atoms with van der Waals surface area (Å²) < 4.78 is 12.1. The second kappa shape index (κ2) is 9.28. The van der Waals surface area contributed by atoms with E-state index in [-0.39, 0.29) is 17.9 Å². The van der Waals surface area contributed by atoms with E-state index in [2.05, 4.69) is 52.4 Å². The summed E-state index contributed by atoms with van der Waals surface area (Å²) in [7, 11) is 0. The van der Waals surface area contributed by atoms with Gasteiger partial charge in [0.2, 0.25) is 11.7 Å². The molecule has 5 rings (SSSR count). The monoisotopic (exact) mass is 476 g/mol. The lowest BCUT2D eigenvalue weighted by Crippen LogP contribution is -2.34. The van der Waals surface area contributed by atoms with Gasteiger partial charge in [-0.1, -0.05) is 26.8 Å². The van der Waals surface area contributed by atoms with Crippen molar-refractivity contribution in [3.05, 3.63) is 52.8 Å². The Bertz CT molecular complexity index is 1230. The van der Waals surface area contributed by atoms with Crippen LogP contribution in [0.15, 0.2) is 28.7 Å². The number of carbonyl (C=O) groups excluding carboxylic acids is 1. The molecule has 3 heterocycles. The molecular weight excluding hydrogens is 444 g/mol. The van der Waals surface area contributed by atoms with Gasteiger partial charge in [-0.15, -0.1) is 10.2 Å². The Morgan fingerprint density at radius 3 is 2.83 bits per heavy atom. The molecule has 1 fully saturated rings. The zero-order chi connectivity index (χ0) is 24.6. The van der Waals surface area contributed by atoms with E-state index >= 15 is 0 Å². The summed E-state index contributed by atoms with van der Waals surface area (Å²) in [6, 6.07) is 4.05. The Kier molecular flexibility index (Phi) is 6.17. The lowest BCUT2D eigenvalue weighted by atomic mass is 9.92. The van der Waals surface area contributed by atoms with E-state index in [1.807, 2.05) is 24.0 Å². The maximum Gasteiger partial charge on any atom is 0.246 e. The van der Waals surface area contributed by atoms with Crippen molar-refractivity contribution in [1.82, 2.24) is 30.5 Å². The van der Waals surface area contributed by atoms with Crippen LogP contribution in [0.3, 0.4) is 0 Å². The highest BCUT2D eigenvalue weighted by Crippen LogP contribution is 2.35. The predicted molar refractivity (Wildman–Crippen MR) is 129 cm³/mol. The maximum absolute atomic E-state index is 12.7. The molecule has 9 nitrogen and oxygen atoms in total. The van der Waals surface area contributed by atoms with Crippen LogP contribution < -0.4 is 4.74 Å². The van der Waals surface area contributed by atoms with Gasteiger partial charge in [-0.2, -0.15) is 5.21 Å². The number of amides is 1. The zero-order valence-electron chi connectivity index (χ0n) is 20.8. The van der Waals surface area contributed by atoms with Gasteiger partial charge in [0.1, 0.15) is 23.8 Å². The molecule has 9 heteroatoms. The number of fused-ring (bicyclic) bond motifs is 1.